The van der Waals surface area contributed by atoms with E-state index in [0.717, 1.165) is 106 Å². The summed E-state index contributed by atoms with van der Waals surface area (Å²) in [5, 5.41) is 15.9. The molecule has 5 rings (SSSR count). The highest BCUT2D eigenvalue weighted by molar-refractivity contribution is 6.07. The minimum Gasteiger partial charge on any atom is -0.382 e. The SMILES string of the molecule is CCCCc1nc2c(N)nc3ccc(N4CCN(CCOCCC(C)=O)CC4)cc3c2n1CCCCCNC(=O)Nc1cccc(C#N)c1. The fraction of sp³-hybridized carbons (Fsp3) is 0.486. The number of unbranched alkanes of at least 4 members (excludes halogenated alkanes) is 3. The van der Waals surface area contributed by atoms with Gasteiger partial charge in [0.05, 0.1) is 35.9 Å². The number of nitrogen functional groups attached to an aromatic ring is 1. The largest absolute Gasteiger partial charge is 0.382 e. The number of pyridine rings is 1. The second-order valence-corrected chi connectivity index (χ2v) is 12.7. The molecule has 49 heavy (non-hydrogen) atoms. The number of imidazole rings is 1. The summed E-state index contributed by atoms with van der Waals surface area (Å²) in [4.78, 5) is 38.1. The number of nitriles is 1. The zero-order valence-electron chi connectivity index (χ0n) is 28.8. The van der Waals surface area contributed by atoms with Crippen LogP contribution in [0, 0.1) is 11.3 Å². The summed E-state index contributed by atoms with van der Waals surface area (Å²) in [5.74, 6) is 1.66. The standard InChI is InChI=1S/C37H49N9O3/c1-3-4-11-33-43-34-35(46(33)16-7-5-6-15-40-37(48)41-29-10-8-9-28(24-29)26-38)31-25-30(12-13-32(31)42-36(34)39)45-19-17-44(18-20-45)21-23-49-22-14-27(2)47/h8-10,12-13,24-25H,3-7,11,14-23H2,1-2H3,(H2,39,42)(H2,40,41,48). The lowest BCUT2D eigenvalue weighted by molar-refractivity contribution is -0.118. The van der Waals surface area contributed by atoms with E-state index >= 15 is 0 Å². The van der Waals surface area contributed by atoms with Crippen molar-refractivity contribution in [1.29, 1.82) is 5.26 Å². The maximum absolute atomic E-state index is 12.4. The molecular weight excluding hydrogens is 618 g/mol. The number of nitrogens with two attached hydrogens (primary N) is 1. The number of anilines is 3. The summed E-state index contributed by atoms with van der Waals surface area (Å²) < 4.78 is 8.00. The predicted octanol–water partition coefficient (Wildman–Crippen LogP) is 5.49. The van der Waals surface area contributed by atoms with E-state index < -0.39 is 0 Å². The Morgan fingerprint density at radius 3 is 2.61 bits per heavy atom. The zero-order valence-corrected chi connectivity index (χ0v) is 28.8. The van der Waals surface area contributed by atoms with E-state index in [9.17, 15) is 9.59 Å². The Kier molecular flexibility index (Phi) is 12.8. The number of aryl methyl sites for hydroxylation is 2. The summed E-state index contributed by atoms with van der Waals surface area (Å²) in [6.07, 6.45) is 6.18. The molecule has 1 saturated heterocycles. The summed E-state index contributed by atoms with van der Waals surface area (Å²) in [7, 11) is 0. The van der Waals surface area contributed by atoms with Gasteiger partial charge in [0, 0.05) is 75.4 Å². The number of piperazine rings is 1. The van der Waals surface area contributed by atoms with Crippen molar-refractivity contribution in [3.8, 4) is 6.07 Å². The number of urea groups is 1. The molecule has 0 saturated carbocycles. The number of carbonyl (C=O) groups is 2. The monoisotopic (exact) mass is 667 g/mol. The summed E-state index contributed by atoms with van der Waals surface area (Å²) in [6.45, 7) is 10.9. The van der Waals surface area contributed by atoms with E-state index in [0.29, 0.717) is 43.2 Å². The lowest BCUT2D eigenvalue weighted by atomic mass is 10.1. The topological polar surface area (TPSA) is 154 Å². The molecule has 4 N–H and O–H groups in total. The minimum absolute atomic E-state index is 0.160. The molecular formula is C37H49N9O3. The number of aromatic nitrogens is 3. The highest BCUT2D eigenvalue weighted by Gasteiger charge is 2.21. The van der Waals surface area contributed by atoms with Crippen LogP contribution in [0.3, 0.4) is 0 Å². The molecule has 2 amide bonds. The quantitative estimate of drug-likeness (QED) is 0.124. The van der Waals surface area contributed by atoms with E-state index in [1.807, 2.05) is 0 Å². The molecule has 12 nitrogen and oxygen atoms in total. The zero-order chi connectivity index (χ0) is 34.6. The highest BCUT2D eigenvalue weighted by Crippen LogP contribution is 2.32. The van der Waals surface area contributed by atoms with Gasteiger partial charge in [0.15, 0.2) is 5.82 Å². The number of ether oxygens (including phenoxy) is 1. The van der Waals surface area contributed by atoms with E-state index in [1.54, 1.807) is 31.2 Å². The Labute approximate surface area is 288 Å². The van der Waals surface area contributed by atoms with Crippen LogP contribution >= 0.6 is 0 Å². The second-order valence-electron chi connectivity index (χ2n) is 12.7. The first-order chi connectivity index (χ1) is 23.9. The van der Waals surface area contributed by atoms with E-state index in [1.165, 1.54) is 5.69 Å². The number of rotatable bonds is 17. The van der Waals surface area contributed by atoms with Crippen LogP contribution in [0.2, 0.25) is 0 Å². The van der Waals surface area contributed by atoms with Gasteiger partial charge in [-0.1, -0.05) is 19.4 Å². The number of hydrogen-bond acceptors (Lipinski definition) is 9. The van der Waals surface area contributed by atoms with Gasteiger partial charge in [-0.15, -0.1) is 0 Å². The highest BCUT2D eigenvalue weighted by atomic mass is 16.5. The lowest BCUT2D eigenvalue weighted by Gasteiger charge is -2.36. The van der Waals surface area contributed by atoms with Crippen LogP contribution in [0.4, 0.5) is 22.0 Å². The van der Waals surface area contributed by atoms with E-state index in [4.69, 9.17) is 25.7 Å². The maximum atomic E-state index is 12.4. The number of hydrogen-bond donors (Lipinski definition) is 3. The van der Waals surface area contributed by atoms with Crippen molar-refractivity contribution in [1.82, 2.24) is 24.8 Å². The average molecular weight is 668 g/mol. The van der Waals surface area contributed by atoms with Crippen LogP contribution in [0.15, 0.2) is 42.5 Å². The van der Waals surface area contributed by atoms with Gasteiger partial charge in [-0.2, -0.15) is 5.26 Å². The van der Waals surface area contributed by atoms with E-state index in [-0.39, 0.29) is 11.8 Å². The third kappa shape index (κ3) is 9.68. The predicted molar refractivity (Wildman–Crippen MR) is 195 cm³/mol. The molecule has 1 aliphatic heterocycles. The Balaban J connectivity index is 1.22. The Hall–Kier alpha value is -4.73. The first-order valence-corrected chi connectivity index (χ1v) is 17.5. The smallest absolute Gasteiger partial charge is 0.319 e. The van der Waals surface area contributed by atoms with Crippen molar-refractivity contribution in [3.05, 3.63) is 53.9 Å². The fourth-order valence-corrected chi connectivity index (χ4v) is 6.26. The molecule has 12 heteroatoms. The van der Waals surface area contributed by atoms with Crippen molar-refractivity contribution < 1.29 is 14.3 Å². The number of Topliss-reactive ketones (excluding diaryl/α,β-unsaturated/α-hetero) is 1. The normalized spacial score (nSPS) is 13.5. The first kappa shape index (κ1) is 35.6. The molecule has 4 aromatic rings. The lowest BCUT2D eigenvalue weighted by Crippen LogP contribution is -2.47. The third-order valence-electron chi connectivity index (χ3n) is 9.00. The molecule has 1 fully saturated rings. The first-order valence-electron chi connectivity index (χ1n) is 17.5. The van der Waals surface area contributed by atoms with Gasteiger partial charge in [0.2, 0.25) is 0 Å². The molecule has 0 atom stereocenters. The Bertz CT molecular complexity index is 1770. The van der Waals surface area contributed by atoms with Crippen molar-refractivity contribution in [2.45, 2.75) is 65.3 Å². The molecule has 260 valence electrons. The molecule has 2 aromatic carbocycles. The molecule has 3 heterocycles. The van der Waals surface area contributed by atoms with Crippen LogP contribution in [0.5, 0.6) is 0 Å². The molecule has 0 bridgehead atoms. The summed E-state index contributed by atoms with van der Waals surface area (Å²) >= 11 is 0. The number of amides is 2. The number of benzene rings is 2. The van der Waals surface area contributed by atoms with Crippen molar-refractivity contribution in [2.24, 2.45) is 0 Å². The third-order valence-corrected chi connectivity index (χ3v) is 9.00. The van der Waals surface area contributed by atoms with Gasteiger partial charge in [0.25, 0.3) is 0 Å². The Morgan fingerprint density at radius 2 is 1.84 bits per heavy atom. The van der Waals surface area contributed by atoms with E-state index in [2.05, 4.69) is 56.2 Å². The van der Waals surface area contributed by atoms with Crippen LogP contribution < -0.4 is 21.3 Å². The van der Waals surface area contributed by atoms with Gasteiger partial charge in [-0.05, 0) is 69.0 Å². The van der Waals surface area contributed by atoms with Crippen LogP contribution in [0.1, 0.15) is 63.8 Å². The summed E-state index contributed by atoms with van der Waals surface area (Å²) in [5.41, 5.74) is 11.5. The van der Waals surface area contributed by atoms with Gasteiger partial charge >= 0.3 is 6.03 Å². The molecule has 0 spiro atoms. The van der Waals surface area contributed by atoms with Crippen LogP contribution in [-0.4, -0.2) is 83.7 Å². The molecule has 1 aliphatic rings. The van der Waals surface area contributed by atoms with Gasteiger partial charge < -0.3 is 30.6 Å². The number of nitrogens with zero attached hydrogens (tertiary/aromatic N) is 6. The molecule has 0 aliphatic carbocycles. The molecule has 0 unspecified atom stereocenters. The van der Waals surface area contributed by atoms with Crippen molar-refractivity contribution in [3.63, 3.8) is 0 Å². The molecule has 2 aromatic heterocycles. The van der Waals surface area contributed by atoms with Crippen molar-refractivity contribution in [2.75, 3.05) is 68.4 Å². The average Bonchev–Trinajstić information content (AvgIpc) is 3.47. The van der Waals surface area contributed by atoms with Gasteiger partial charge in [-0.3, -0.25) is 9.69 Å². The van der Waals surface area contributed by atoms with Crippen LogP contribution in [-0.2, 0) is 22.5 Å². The maximum Gasteiger partial charge on any atom is 0.319 e. The Morgan fingerprint density at radius 1 is 1.00 bits per heavy atom. The number of ketones is 1. The van der Waals surface area contributed by atoms with Gasteiger partial charge in [0.1, 0.15) is 17.1 Å². The minimum atomic E-state index is -0.278. The van der Waals surface area contributed by atoms with Crippen LogP contribution in [0.25, 0.3) is 21.9 Å². The van der Waals surface area contributed by atoms with Crippen molar-refractivity contribution >= 4 is 50.9 Å². The number of fused-ring (bicyclic) bond motifs is 3. The number of nitrogens with one attached hydrogen (secondary N) is 2. The molecule has 0 radical (unpaired) electrons. The number of carbonyl (C=O) groups excluding carboxylic acids is 2. The summed E-state index contributed by atoms with van der Waals surface area (Å²) in [6, 6.07) is 15.1. The van der Waals surface area contributed by atoms with Gasteiger partial charge in [-0.25, -0.2) is 14.8 Å². The second kappa shape index (κ2) is 17.6. The fourth-order valence-electron chi connectivity index (χ4n) is 6.26.